The van der Waals surface area contributed by atoms with Crippen LogP contribution >= 0.6 is 46.4 Å². The lowest BCUT2D eigenvalue weighted by Gasteiger charge is -2.49. The second kappa shape index (κ2) is 9.44. The van der Waals surface area contributed by atoms with Crippen molar-refractivity contribution in [1.82, 2.24) is 24.6 Å². The summed E-state index contributed by atoms with van der Waals surface area (Å²) in [6.07, 6.45) is 0. The Morgan fingerprint density at radius 2 is 2.14 bits per heavy atom. The van der Waals surface area contributed by atoms with E-state index in [9.17, 15) is 19.5 Å². The summed E-state index contributed by atoms with van der Waals surface area (Å²) in [5.41, 5.74) is 6.06. The van der Waals surface area contributed by atoms with Crippen LogP contribution in [0.1, 0.15) is 5.82 Å². The highest BCUT2D eigenvalue weighted by Crippen LogP contribution is 2.46. The second-order valence-corrected chi connectivity index (χ2v) is 11.3. The number of β-lactam (4-membered cyclic amide) rings is 1. The lowest BCUT2D eigenvalue weighted by Crippen LogP contribution is -2.71. The molecule has 1 fully saturated rings. The van der Waals surface area contributed by atoms with E-state index in [0.29, 0.717) is 15.0 Å². The van der Waals surface area contributed by atoms with Gasteiger partial charge in [0.15, 0.2) is 9.47 Å². The van der Waals surface area contributed by atoms with Crippen LogP contribution in [-0.2, 0) is 19.2 Å². The van der Waals surface area contributed by atoms with E-state index >= 15 is 0 Å². The van der Waals surface area contributed by atoms with E-state index in [-0.39, 0.29) is 22.4 Å². The first-order valence-corrected chi connectivity index (χ1v) is 13.3. The summed E-state index contributed by atoms with van der Waals surface area (Å²) in [5, 5.41) is 15.7. The normalized spacial score (nSPS) is 20.0. The van der Waals surface area contributed by atoms with Gasteiger partial charge in [-0.25, -0.2) is 9.78 Å². The average Bonchev–Trinajstić information content (AvgIpc) is 3.45. The number of carbonyl (C=O) groups is 3. The SMILES string of the molecule is CO/N=C(/C(=O)N[C@@H]1C(=O)N2C(C(=O)O)=C(Sc3nc4ccccc4s3)CS[C@H]12)c1nsc(N)n1. The zero-order valence-corrected chi connectivity index (χ0v) is 21.0. The fourth-order valence-corrected chi connectivity index (χ4v) is 7.63. The largest absolute Gasteiger partial charge is 0.477 e. The Morgan fingerprint density at radius 3 is 2.83 bits per heavy atom. The minimum Gasteiger partial charge on any atom is -0.477 e. The molecule has 0 radical (unpaired) electrons. The maximum atomic E-state index is 13.0. The summed E-state index contributed by atoms with van der Waals surface area (Å²) in [4.78, 5) is 52.8. The van der Waals surface area contributed by atoms with Crippen molar-refractivity contribution in [2.75, 3.05) is 18.6 Å². The van der Waals surface area contributed by atoms with Crippen molar-refractivity contribution in [2.24, 2.45) is 5.16 Å². The first-order valence-electron chi connectivity index (χ1n) is 9.83. The van der Waals surface area contributed by atoms with Gasteiger partial charge in [-0.3, -0.25) is 14.5 Å². The summed E-state index contributed by atoms with van der Waals surface area (Å²) in [6.45, 7) is 0. The highest BCUT2D eigenvalue weighted by atomic mass is 32.2. The molecule has 0 saturated carbocycles. The van der Waals surface area contributed by atoms with Crippen LogP contribution in [0.3, 0.4) is 0 Å². The predicted molar refractivity (Wildman–Crippen MR) is 133 cm³/mol. The number of carbonyl (C=O) groups excluding carboxylic acids is 2. The molecule has 0 bridgehead atoms. The van der Waals surface area contributed by atoms with Crippen LogP contribution in [-0.4, -0.2) is 72.1 Å². The molecule has 5 rings (SSSR count). The number of nitrogens with zero attached hydrogens (tertiary/aromatic N) is 5. The van der Waals surface area contributed by atoms with Crippen LogP contribution in [0.15, 0.2) is 44.4 Å². The Bertz CT molecular complexity index is 1380. The second-order valence-electron chi connectivity index (χ2n) is 7.07. The summed E-state index contributed by atoms with van der Waals surface area (Å²) in [5.74, 6) is -2.20. The van der Waals surface area contributed by atoms with E-state index < -0.39 is 29.2 Å². The van der Waals surface area contributed by atoms with Gasteiger partial charge in [0.05, 0.1) is 10.2 Å². The maximum absolute atomic E-state index is 13.0. The number of benzene rings is 1. The fraction of sp³-hybridized carbons (Fsp3) is 0.211. The molecule has 2 aliphatic heterocycles. The number of oxime groups is 1. The summed E-state index contributed by atoms with van der Waals surface area (Å²) < 4.78 is 5.62. The van der Waals surface area contributed by atoms with E-state index in [0.717, 1.165) is 21.7 Å². The number of fused-ring (bicyclic) bond motifs is 2. The number of hydrogen-bond donors (Lipinski definition) is 3. The number of carboxylic acid groups (broad SMARTS) is 1. The minimum absolute atomic E-state index is 0.0348. The van der Waals surface area contributed by atoms with E-state index in [2.05, 4.69) is 24.8 Å². The molecule has 0 unspecified atom stereocenters. The smallest absolute Gasteiger partial charge is 0.353 e. The summed E-state index contributed by atoms with van der Waals surface area (Å²) in [7, 11) is 1.25. The Labute approximate surface area is 213 Å². The number of nitrogens with one attached hydrogen (secondary N) is 1. The van der Waals surface area contributed by atoms with E-state index in [1.54, 1.807) is 0 Å². The van der Waals surface area contributed by atoms with E-state index in [1.807, 2.05) is 24.3 Å². The predicted octanol–water partition coefficient (Wildman–Crippen LogP) is 1.57. The van der Waals surface area contributed by atoms with Gasteiger partial charge in [0, 0.05) is 22.2 Å². The minimum atomic E-state index is -1.22. The summed E-state index contributed by atoms with van der Waals surface area (Å²) >= 11 is 4.92. The van der Waals surface area contributed by atoms with Gasteiger partial charge in [-0.2, -0.15) is 9.36 Å². The molecule has 16 heteroatoms. The molecule has 2 amide bonds. The number of thiazole rings is 1. The molecule has 35 heavy (non-hydrogen) atoms. The highest BCUT2D eigenvalue weighted by molar-refractivity contribution is 8.07. The van der Waals surface area contributed by atoms with Crippen LogP contribution < -0.4 is 11.1 Å². The number of carboxylic acids is 1. The van der Waals surface area contributed by atoms with E-state index in [1.165, 1.54) is 46.9 Å². The van der Waals surface area contributed by atoms with Gasteiger partial charge < -0.3 is 21.0 Å². The van der Waals surface area contributed by atoms with Gasteiger partial charge in [0.1, 0.15) is 24.2 Å². The monoisotopic (exact) mass is 549 g/mol. The van der Waals surface area contributed by atoms with Crippen LogP contribution in [0.5, 0.6) is 0 Å². The number of nitrogens with two attached hydrogens (primary N) is 1. The number of thioether (sulfide) groups is 2. The third-order valence-electron chi connectivity index (χ3n) is 4.96. The number of rotatable bonds is 7. The zero-order valence-electron chi connectivity index (χ0n) is 17.7. The molecule has 4 heterocycles. The van der Waals surface area contributed by atoms with Crippen molar-refractivity contribution in [3.63, 3.8) is 0 Å². The molecule has 0 spiro atoms. The molecule has 1 aromatic carbocycles. The zero-order chi connectivity index (χ0) is 24.7. The molecule has 2 aromatic heterocycles. The van der Waals surface area contributed by atoms with Gasteiger partial charge in [0.2, 0.25) is 11.5 Å². The molecule has 12 nitrogen and oxygen atoms in total. The van der Waals surface area contributed by atoms with Crippen molar-refractivity contribution in [2.45, 2.75) is 15.8 Å². The van der Waals surface area contributed by atoms with Crippen molar-refractivity contribution in [3.8, 4) is 0 Å². The quantitative estimate of drug-likeness (QED) is 0.222. The molecular weight excluding hydrogens is 535 g/mol. The van der Waals surface area contributed by atoms with Crippen molar-refractivity contribution < 1.29 is 24.3 Å². The first kappa shape index (κ1) is 23.5. The summed E-state index contributed by atoms with van der Waals surface area (Å²) in [6, 6.07) is 6.67. The number of para-hydroxylation sites is 1. The van der Waals surface area contributed by atoms with Gasteiger partial charge in [-0.05, 0) is 12.1 Å². The van der Waals surface area contributed by atoms with Gasteiger partial charge in [0.25, 0.3) is 11.8 Å². The van der Waals surface area contributed by atoms with Gasteiger partial charge >= 0.3 is 5.97 Å². The lowest BCUT2D eigenvalue weighted by atomic mass is 10.0. The van der Waals surface area contributed by atoms with Crippen molar-refractivity contribution in [3.05, 3.63) is 40.7 Å². The molecular formula is C19H15N7O5S4. The van der Waals surface area contributed by atoms with E-state index in [4.69, 9.17) is 10.6 Å². The Morgan fingerprint density at radius 1 is 1.34 bits per heavy atom. The first-order chi connectivity index (χ1) is 16.9. The number of nitrogen functional groups attached to an aromatic ring is 1. The number of aliphatic carboxylic acids is 1. The topological polar surface area (TPSA) is 173 Å². The average molecular weight is 550 g/mol. The van der Waals surface area contributed by atoms with Crippen LogP contribution in [0.4, 0.5) is 5.13 Å². The van der Waals surface area contributed by atoms with Crippen molar-refractivity contribution >= 4 is 85.2 Å². The molecule has 4 N–H and O–H groups in total. The number of anilines is 1. The maximum Gasteiger partial charge on any atom is 0.353 e. The third kappa shape index (κ3) is 4.33. The Hall–Kier alpha value is -3.21. The molecule has 180 valence electrons. The number of aromatic nitrogens is 3. The lowest BCUT2D eigenvalue weighted by molar-refractivity contribution is -0.150. The molecule has 3 aromatic rings. The third-order valence-corrected chi connectivity index (χ3v) is 9.14. The van der Waals surface area contributed by atoms with Gasteiger partial charge in [-0.15, -0.1) is 23.1 Å². The van der Waals surface area contributed by atoms with Gasteiger partial charge in [-0.1, -0.05) is 29.1 Å². The number of amides is 2. The van der Waals surface area contributed by atoms with Crippen LogP contribution in [0, 0.1) is 0 Å². The molecule has 1 saturated heterocycles. The molecule has 2 atom stereocenters. The van der Waals surface area contributed by atoms with Crippen molar-refractivity contribution in [1.29, 1.82) is 0 Å². The Kier molecular flexibility index (Phi) is 6.35. The standard InChI is InChI=1S/C19H15N7O5S4/c1-31-24-10(13-23-18(20)35-25-13)14(27)22-11-15(28)26-12(17(29)30)9(6-32-16(11)26)34-19-21-7-4-2-3-5-8(7)33-19/h2-5,11,16H,6H2,1H3,(H,22,27)(H,29,30)(H2,20,23,25)/b24-10+/t11-,16-/m1/s1. The van der Waals surface area contributed by atoms with Crippen LogP contribution in [0.2, 0.25) is 0 Å². The molecule has 0 aliphatic carbocycles. The van der Waals surface area contributed by atoms with Crippen LogP contribution in [0.25, 0.3) is 10.2 Å². The highest BCUT2D eigenvalue weighted by Gasteiger charge is 2.54. The number of hydrogen-bond acceptors (Lipinski definition) is 13. The Balaban J connectivity index is 1.36. The molecule has 2 aliphatic rings. The fourth-order valence-electron chi connectivity index (χ4n) is 3.49.